The number of nitro groups is 1. The van der Waals surface area contributed by atoms with E-state index >= 15 is 0 Å². The summed E-state index contributed by atoms with van der Waals surface area (Å²) < 4.78 is 18.6. The smallest absolute Gasteiger partial charge is 0.344 e. The summed E-state index contributed by atoms with van der Waals surface area (Å²) in [5.41, 5.74) is 0.0999. The van der Waals surface area contributed by atoms with Crippen molar-refractivity contribution in [3.8, 4) is 5.75 Å². The number of ether oxygens (including phenoxy) is 1. The lowest BCUT2D eigenvalue weighted by atomic mass is 10.1. The Bertz CT molecular complexity index is 1110. The van der Waals surface area contributed by atoms with Gasteiger partial charge < -0.3 is 14.9 Å². The van der Waals surface area contributed by atoms with E-state index in [0.717, 1.165) is 17.8 Å². The van der Waals surface area contributed by atoms with Crippen LogP contribution in [0.5, 0.6) is 5.75 Å². The molecule has 0 aromatic heterocycles. The van der Waals surface area contributed by atoms with Gasteiger partial charge in [-0.2, -0.15) is 0 Å². The molecule has 0 spiro atoms. The van der Waals surface area contributed by atoms with Crippen LogP contribution in [0.4, 0.5) is 15.8 Å². The van der Waals surface area contributed by atoms with E-state index in [0.29, 0.717) is 5.69 Å². The predicted octanol–water partition coefficient (Wildman–Crippen LogP) is 4.63. The molecule has 0 radical (unpaired) electrons. The number of carbonyl (C=O) groups excluding carboxylic acids is 1. The molecule has 0 aliphatic carbocycles. The van der Waals surface area contributed by atoms with Crippen molar-refractivity contribution in [2.75, 3.05) is 6.61 Å². The highest BCUT2D eigenvalue weighted by Gasteiger charge is 2.33. The summed E-state index contributed by atoms with van der Waals surface area (Å²) in [5, 5.41) is 31.3. The Kier molecular flexibility index (Phi) is 6.17. The van der Waals surface area contributed by atoms with Crippen molar-refractivity contribution in [2.45, 2.75) is 6.92 Å². The molecule has 0 atom stereocenters. The molecule has 1 aliphatic rings. The molecule has 0 fully saturated rings. The number of rotatable bonds is 5. The molecule has 2 aromatic carbocycles. The Labute approximate surface area is 174 Å². The number of halogens is 1. The molecule has 0 bridgehead atoms. The molecule has 2 aromatic rings. The lowest BCUT2D eigenvalue weighted by molar-refractivity contribution is -0.384. The van der Waals surface area contributed by atoms with Crippen LogP contribution in [0.2, 0.25) is 0 Å². The monoisotopic (exact) mass is 430 g/mol. The van der Waals surface area contributed by atoms with Crippen molar-refractivity contribution >= 4 is 40.2 Å². The number of aliphatic hydroxyl groups excluding tert-OH is 1. The average Bonchev–Trinajstić information content (AvgIpc) is 3.01. The van der Waals surface area contributed by atoms with Gasteiger partial charge in [-0.15, -0.1) is 0 Å². The first-order chi connectivity index (χ1) is 14.3. The lowest BCUT2D eigenvalue weighted by Crippen LogP contribution is -2.12. The Balaban J connectivity index is 2.05. The van der Waals surface area contributed by atoms with Gasteiger partial charge in [0.15, 0.2) is 11.6 Å². The zero-order valence-corrected chi connectivity index (χ0v) is 16.4. The summed E-state index contributed by atoms with van der Waals surface area (Å²) >= 11 is 0.915. The molecule has 1 heterocycles. The second kappa shape index (κ2) is 8.78. The summed E-state index contributed by atoms with van der Waals surface area (Å²) in [6, 6.07) is 9.22. The Morgan fingerprint density at radius 1 is 1.27 bits per heavy atom. The van der Waals surface area contributed by atoms with Crippen LogP contribution in [0.15, 0.2) is 63.7 Å². The molecule has 2 N–H and O–H groups in total. The number of benzene rings is 2. The van der Waals surface area contributed by atoms with Gasteiger partial charge in [0.05, 0.1) is 22.1 Å². The summed E-state index contributed by atoms with van der Waals surface area (Å²) in [6.45, 7) is 1.67. The minimum absolute atomic E-state index is 0.0643. The minimum Gasteiger partial charge on any atom is -0.506 e. The maximum atomic E-state index is 13.6. The van der Waals surface area contributed by atoms with Gasteiger partial charge in [-0.1, -0.05) is 23.9 Å². The van der Waals surface area contributed by atoms with Crippen LogP contribution in [-0.2, 0) is 9.53 Å². The van der Waals surface area contributed by atoms with Crippen molar-refractivity contribution in [1.29, 1.82) is 0 Å². The SMILES string of the molecule is CCOC(=O)C1=C(O)/C(=C\c2cccc(F)c2O)SC1=Nc1ccc([N+](=O)[O-])cc1. The van der Waals surface area contributed by atoms with Gasteiger partial charge in [-0.05, 0) is 31.2 Å². The number of aliphatic hydroxyl groups is 1. The van der Waals surface area contributed by atoms with Crippen molar-refractivity contribution in [3.63, 3.8) is 0 Å². The standard InChI is InChI=1S/C20H15FN2O6S/c1-2-29-20(26)16-18(25)15(10-11-4-3-5-14(21)17(11)24)30-19(16)22-12-6-8-13(9-7-12)23(27)28/h3-10,24-25H,2H2,1H3/b15-10+,22-19?. The number of nitrogens with zero attached hydrogens (tertiary/aromatic N) is 2. The molecule has 0 unspecified atom stereocenters. The van der Waals surface area contributed by atoms with E-state index in [1.165, 1.54) is 42.5 Å². The largest absolute Gasteiger partial charge is 0.506 e. The number of phenolic OH excluding ortho intramolecular Hbond substituents is 1. The molecule has 0 saturated heterocycles. The molecule has 30 heavy (non-hydrogen) atoms. The fourth-order valence-corrected chi connectivity index (χ4v) is 3.57. The second-order valence-corrected chi connectivity index (χ2v) is 6.95. The van der Waals surface area contributed by atoms with Gasteiger partial charge in [-0.3, -0.25) is 10.1 Å². The van der Waals surface area contributed by atoms with E-state index < -0.39 is 28.2 Å². The number of hydrogen-bond donors (Lipinski definition) is 2. The van der Waals surface area contributed by atoms with Crippen LogP contribution in [-0.4, -0.2) is 32.8 Å². The summed E-state index contributed by atoms with van der Waals surface area (Å²) in [6.07, 6.45) is 1.32. The maximum absolute atomic E-state index is 13.6. The van der Waals surface area contributed by atoms with Crippen molar-refractivity contribution in [2.24, 2.45) is 4.99 Å². The molecule has 154 valence electrons. The predicted molar refractivity (Wildman–Crippen MR) is 110 cm³/mol. The second-order valence-electron chi connectivity index (χ2n) is 5.92. The van der Waals surface area contributed by atoms with Crippen LogP contribution >= 0.6 is 11.8 Å². The third-order valence-electron chi connectivity index (χ3n) is 3.97. The third-order valence-corrected chi connectivity index (χ3v) is 4.99. The van der Waals surface area contributed by atoms with Crippen molar-refractivity contribution < 1.29 is 29.1 Å². The highest BCUT2D eigenvalue weighted by atomic mass is 32.2. The number of non-ortho nitro benzene ring substituents is 1. The van der Waals surface area contributed by atoms with E-state index in [4.69, 9.17) is 4.74 Å². The number of nitro benzene ring substituents is 1. The third kappa shape index (κ3) is 4.33. The topological polar surface area (TPSA) is 122 Å². The Morgan fingerprint density at radius 2 is 1.97 bits per heavy atom. The quantitative estimate of drug-likeness (QED) is 0.403. The highest BCUT2D eigenvalue weighted by molar-refractivity contribution is 8.18. The molecular weight excluding hydrogens is 415 g/mol. The number of aromatic hydroxyl groups is 1. The van der Waals surface area contributed by atoms with Gasteiger partial charge >= 0.3 is 5.97 Å². The maximum Gasteiger partial charge on any atom is 0.344 e. The first kappa shape index (κ1) is 21.1. The van der Waals surface area contributed by atoms with E-state index in [2.05, 4.69) is 4.99 Å². The summed E-state index contributed by atoms with van der Waals surface area (Å²) in [5.74, 6) is -2.67. The van der Waals surface area contributed by atoms with Crippen LogP contribution in [0, 0.1) is 15.9 Å². The zero-order valence-electron chi connectivity index (χ0n) is 15.5. The van der Waals surface area contributed by atoms with E-state index in [1.807, 2.05) is 0 Å². The first-order valence-electron chi connectivity index (χ1n) is 8.63. The van der Waals surface area contributed by atoms with Gasteiger partial charge in [0.2, 0.25) is 0 Å². The number of phenols is 1. The van der Waals surface area contributed by atoms with Crippen LogP contribution in [0.25, 0.3) is 6.08 Å². The lowest BCUT2D eigenvalue weighted by Gasteiger charge is -2.03. The average molecular weight is 430 g/mol. The molecule has 8 nitrogen and oxygen atoms in total. The Hall–Kier alpha value is -3.66. The van der Waals surface area contributed by atoms with Gasteiger partial charge in [-0.25, -0.2) is 14.2 Å². The number of aliphatic imine (C=N–C) groups is 1. The van der Waals surface area contributed by atoms with Crippen molar-refractivity contribution in [1.82, 2.24) is 0 Å². The highest BCUT2D eigenvalue weighted by Crippen LogP contribution is 2.41. The van der Waals surface area contributed by atoms with Crippen LogP contribution in [0.1, 0.15) is 12.5 Å². The fraction of sp³-hybridized carbons (Fsp3) is 0.100. The number of para-hydroxylation sites is 1. The number of esters is 1. The molecule has 0 amide bonds. The van der Waals surface area contributed by atoms with Crippen LogP contribution < -0.4 is 0 Å². The van der Waals surface area contributed by atoms with Gasteiger partial charge in [0.1, 0.15) is 16.4 Å². The van der Waals surface area contributed by atoms with Gasteiger partial charge in [0, 0.05) is 17.7 Å². The molecule has 0 saturated carbocycles. The summed E-state index contributed by atoms with van der Waals surface area (Å²) in [7, 11) is 0. The van der Waals surface area contributed by atoms with E-state index in [9.17, 15) is 29.5 Å². The Morgan fingerprint density at radius 3 is 2.60 bits per heavy atom. The van der Waals surface area contributed by atoms with Crippen molar-refractivity contribution in [3.05, 3.63) is 80.2 Å². The number of thioether (sulfide) groups is 1. The normalized spacial score (nSPS) is 16.3. The summed E-state index contributed by atoms with van der Waals surface area (Å²) in [4.78, 5) is 27.0. The minimum atomic E-state index is -0.832. The number of carbonyl (C=O) groups is 1. The number of hydrogen-bond acceptors (Lipinski definition) is 8. The van der Waals surface area contributed by atoms with Gasteiger partial charge in [0.25, 0.3) is 5.69 Å². The molecule has 1 aliphatic heterocycles. The first-order valence-corrected chi connectivity index (χ1v) is 9.44. The molecular formula is C20H15FN2O6S. The molecule has 3 rings (SSSR count). The van der Waals surface area contributed by atoms with E-state index in [1.54, 1.807) is 6.92 Å². The molecule has 10 heteroatoms. The fourth-order valence-electron chi connectivity index (χ4n) is 2.55. The van der Waals surface area contributed by atoms with Crippen LogP contribution in [0.3, 0.4) is 0 Å². The van der Waals surface area contributed by atoms with E-state index in [-0.39, 0.29) is 33.4 Å². The zero-order chi connectivity index (χ0) is 21.8.